The maximum atomic E-state index is 12.1. The molecule has 0 radical (unpaired) electrons. The van der Waals surface area contributed by atoms with E-state index in [0.29, 0.717) is 17.2 Å². The molecule has 0 aliphatic heterocycles. The lowest BCUT2D eigenvalue weighted by Crippen LogP contribution is -2.16. The number of nitrogen functional groups attached to an aromatic ring is 1. The number of amides is 1. The Morgan fingerprint density at radius 3 is 2.74 bits per heavy atom. The molecular weight excluding hydrogens is 268 g/mol. The molecule has 19 heavy (non-hydrogen) atoms. The van der Waals surface area contributed by atoms with E-state index in [1.165, 1.54) is 12.1 Å². The summed E-state index contributed by atoms with van der Waals surface area (Å²) in [6, 6.07) is 4.73. The number of hydrogen-bond donors (Lipinski definition) is 3. The van der Waals surface area contributed by atoms with Crippen LogP contribution in [-0.4, -0.2) is 20.7 Å². The molecule has 2 aromatic rings. The molecule has 0 unspecified atom stereocenters. The monoisotopic (exact) mass is 280 g/mol. The van der Waals surface area contributed by atoms with E-state index in [0.717, 1.165) is 5.69 Å². The van der Waals surface area contributed by atoms with Crippen LogP contribution in [0, 0.1) is 6.92 Å². The van der Waals surface area contributed by atoms with Crippen molar-refractivity contribution in [2.45, 2.75) is 6.92 Å². The molecule has 0 aliphatic carbocycles. The topological polar surface area (TPSA) is 97.9 Å². The lowest BCUT2D eigenvalue weighted by molar-refractivity contribution is 0.102. The fourth-order valence-corrected chi connectivity index (χ4v) is 1.83. The second-order valence-corrected chi connectivity index (χ2v) is 4.34. The Morgan fingerprint density at radius 2 is 2.16 bits per heavy atom. The van der Waals surface area contributed by atoms with Crippen molar-refractivity contribution in [3.05, 3.63) is 34.6 Å². The summed E-state index contributed by atoms with van der Waals surface area (Å²) in [6.07, 6.45) is 0. The van der Waals surface area contributed by atoms with E-state index < -0.39 is 0 Å². The number of anilines is 2. The number of nitrogens with two attached hydrogens (primary N) is 1. The molecule has 0 aliphatic rings. The van der Waals surface area contributed by atoms with Gasteiger partial charge in [-0.05, 0) is 19.1 Å². The Morgan fingerprint density at radius 1 is 1.42 bits per heavy atom. The minimum atomic E-state index is -0.316. The number of hydrazine groups is 1. The highest BCUT2D eigenvalue weighted by Crippen LogP contribution is 2.16. The first-order valence-electron chi connectivity index (χ1n) is 5.46. The Kier molecular flexibility index (Phi) is 3.68. The maximum absolute atomic E-state index is 12.1. The molecule has 0 saturated carbocycles. The van der Waals surface area contributed by atoms with Crippen LogP contribution in [0.25, 0.3) is 0 Å². The normalized spacial score (nSPS) is 10.3. The van der Waals surface area contributed by atoms with Gasteiger partial charge in [0.15, 0.2) is 0 Å². The molecule has 0 aromatic carbocycles. The first-order chi connectivity index (χ1) is 8.99. The number of aromatic nitrogens is 3. The van der Waals surface area contributed by atoms with E-state index in [4.69, 9.17) is 17.4 Å². The van der Waals surface area contributed by atoms with Crippen LogP contribution in [0.3, 0.4) is 0 Å². The average molecular weight is 281 g/mol. The fourth-order valence-electron chi connectivity index (χ4n) is 1.62. The molecule has 2 rings (SSSR count). The van der Waals surface area contributed by atoms with Gasteiger partial charge >= 0.3 is 0 Å². The van der Waals surface area contributed by atoms with E-state index in [2.05, 4.69) is 20.8 Å². The van der Waals surface area contributed by atoms with Gasteiger partial charge in [-0.2, -0.15) is 5.10 Å². The summed E-state index contributed by atoms with van der Waals surface area (Å²) in [5.41, 5.74) is 3.52. The molecular formula is C11H13ClN6O. The minimum Gasteiger partial charge on any atom is -0.308 e. The summed E-state index contributed by atoms with van der Waals surface area (Å²) >= 11 is 5.81. The zero-order valence-electron chi connectivity index (χ0n) is 10.4. The third kappa shape index (κ3) is 3.01. The standard InChI is InChI=1S/C11H13ClN6O/c1-6-3-10(18(2)17-6)15-11(19)7-4-8(12)14-9(5-7)16-13/h3-5H,13H2,1-2H3,(H,14,16)(H,15,19). The number of halogens is 1. The fraction of sp³-hybridized carbons (Fsp3) is 0.182. The van der Waals surface area contributed by atoms with Crippen LogP contribution in [0.1, 0.15) is 16.1 Å². The zero-order valence-corrected chi connectivity index (χ0v) is 11.2. The van der Waals surface area contributed by atoms with Crippen molar-refractivity contribution in [3.8, 4) is 0 Å². The first-order valence-corrected chi connectivity index (χ1v) is 5.83. The molecule has 0 spiro atoms. The zero-order chi connectivity index (χ0) is 14.0. The number of pyridine rings is 1. The summed E-state index contributed by atoms with van der Waals surface area (Å²) in [6.45, 7) is 1.84. The van der Waals surface area contributed by atoms with Gasteiger partial charge in [-0.1, -0.05) is 11.6 Å². The molecule has 0 atom stereocenters. The number of nitrogens with zero attached hydrogens (tertiary/aromatic N) is 3. The lowest BCUT2D eigenvalue weighted by Gasteiger charge is -2.07. The van der Waals surface area contributed by atoms with Gasteiger partial charge in [-0.3, -0.25) is 9.48 Å². The van der Waals surface area contributed by atoms with Gasteiger partial charge in [0.1, 0.15) is 16.8 Å². The van der Waals surface area contributed by atoms with Crippen LogP contribution in [0.15, 0.2) is 18.2 Å². The number of nitrogens with one attached hydrogen (secondary N) is 2. The molecule has 2 aromatic heterocycles. The number of hydrogen-bond acceptors (Lipinski definition) is 5. The minimum absolute atomic E-state index is 0.182. The van der Waals surface area contributed by atoms with Crippen LogP contribution in [-0.2, 0) is 7.05 Å². The molecule has 4 N–H and O–H groups in total. The van der Waals surface area contributed by atoms with Crippen molar-refractivity contribution < 1.29 is 4.79 Å². The Hall–Kier alpha value is -2.12. The van der Waals surface area contributed by atoms with Gasteiger partial charge in [-0.25, -0.2) is 10.8 Å². The predicted octanol–water partition coefficient (Wildman–Crippen LogP) is 1.31. The summed E-state index contributed by atoms with van der Waals surface area (Å²) < 4.78 is 1.58. The van der Waals surface area contributed by atoms with Crippen molar-refractivity contribution in [2.75, 3.05) is 10.7 Å². The van der Waals surface area contributed by atoms with Gasteiger partial charge in [0, 0.05) is 18.7 Å². The van der Waals surface area contributed by atoms with Crippen LogP contribution < -0.4 is 16.6 Å². The van der Waals surface area contributed by atoms with Gasteiger partial charge in [-0.15, -0.1) is 0 Å². The third-order valence-corrected chi connectivity index (χ3v) is 2.64. The highest BCUT2D eigenvalue weighted by Gasteiger charge is 2.11. The van der Waals surface area contributed by atoms with Crippen molar-refractivity contribution in [1.82, 2.24) is 14.8 Å². The predicted molar refractivity (Wildman–Crippen MR) is 73.0 cm³/mol. The van der Waals surface area contributed by atoms with Crippen molar-refractivity contribution in [3.63, 3.8) is 0 Å². The van der Waals surface area contributed by atoms with E-state index in [-0.39, 0.29) is 11.1 Å². The van der Waals surface area contributed by atoms with E-state index in [9.17, 15) is 4.79 Å². The summed E-state index contributed by atoms with van der Waals surface area (Å²) in [5, 5.41) is 7.05. The van der Waals surface area contributed by atoms with Gasteiger partial charge in [0.05, 0.1) is 5.69 Å². The highest BCUT2D eigenvalue weighted by molar-refractivity contribution is 6.30. The van der Waals surface area contributed by atoms with Gasteiger partial charge < -0.3 is 10.7 Å². The SMILES string of the molecule is Cc1cc(NC(=O)c2cc(Cl)nc(NN)c2)n(C)n1. The number of rotatable bonds is 3. The molecule has 0 saturated heterocycles. The average Bonchev–Trinajstić information content (AvgIpc) is 2.67. The van der Waals surface area contributed by atoms with Crippen molar-refractivity contribution >= 4 is 29.1 Å². The molecule has 100 valence electrons. The Labute approximate surface area is 114 Å². The molecule has 0 fully saturated rings. The Balaban J connectivity index is 2.25. The van der Waals surface area contributed by atoms with Crippen LogP contribution in [0.5, 0.6) is 0 Å². The number of carbonyl (C=O) groups is 1. The van der Waals surface area contributed by atoms with E-state index in [1.54, 1.807) is 17.8 Å². The Bertz CT molecular complexity index is 624. The number of carbonyl (C=O) groups excluding carboxylic acids is 1. The second-order valence-electron chi connectivity index (χ2n) is 3.96. The lowest BCUT2D eigenvalue weighted by atomic mass is 10.2. The van der Waals surface area contributed by atoms with Crippen molar-refractivity contribution in [1.29, 1.82) is 0 Å². The quantitative estimate of drug-likeness (QED) is 0.447. The van der Waals surface area contributed by atoms with Crippen molar-refractivity contribution in [2.24, 2.45) is 12.9 Å². The molecule has 1 amide bonds. The maximum Gasteiger partial charge on any atom is 0.257 e. The third-order valence-electron chi connectivity index (χ3n) is 2.45. The van der Waals surface area contributed by atoms with Crippen LogP contribution in [0.4, 0.5) is 11.6 Å². The molecule has 8 heteroatoms. The highest BCUT2D eigenvalue weighted by atomic mass is 35.5. The van der Waals surface area contributed by atoms with Gasteiger partial charge in [0.25, 0.3) is 5.91 Å². The van der Waals surface area contributed by atoms with E-state index >= 15 is 0 Å². The van der Waals surface area contributed by atoms with Crippen LogP contribution in [0.2, 0.25) is 5.15 Å². The second kappa shape index (κ2) is 5.25. The smallest absolute Gasteiger partial charge is 0.257 e. The molecule has 0 bridgehead atoms. The van der Waals surface area contributed by atoms with E-state index in [1.807, 2.05) is 6.92 Å². The largest absolute Gasteiger partial charge is 0.308 e. The summed E-state index contributed by atoms with van der Waals surface area (Å²) in [4.78, 5) is 16.0. The van der Waals surface area contributed by atoms with Crippen LogP contribution >= 0.6 is 11.6 Å². The molecule has 7 nitrogen and oxygen atoms in total. The summed E-state index contributed by atoms with van der Waals surface area (Å²) in [7, 11) is 1.75. The van der Waals surface area contributed by atoms with Gasteiger partial charge in [0.2, 0.25) is 0 Å². The number of aryl methyl sites for hydroxylation is 2. The summed E-state index contributed by atoms with van der Waals surface area (Å²) in [5.74, 6) is 5.85. The molecule has 2 heterocycles. The first kappa shape index (κ1) is 13.3.